The predicted octanol–water partition coefficient (Wildman–Crippen LogP) is 0.772. The first kappa shape index (κ1) is 13.1. The fourth-order valence-corrected chi connectivity index (χ4v) is 2.93. The highest BCUT2D eigenvalue weighted by molar-refractivity contribution is 6.34. The third-order valence-corrected chi connectivity index (χ3v) is 4.06. The monoisotopic (exact) mass is 294 g/mol. The Balaban J connectivity index is 1.77. The largest absolute Gasteiger partial charge is 0.399 e. The van der Waals surface area contributed by atoms with Crippen LogP contribution in [-0.4, -0.2) is 54.0 Å². The highest BCUT2D eigenvalue weighted by atomic mass is 35.5. The molecule has 3 amide bonds. The quantitative estimate of drug-likeness (QED) is 0.751. The first-order valence-electron chi connectivity index (χ1n) is 6.45. The highest BCUT2D eigenvalue weighted by Crippen LogP contribution is 2.23. The molecule has 2 aliphatic heterocycles. The van der Waals surface area contributed by atoms with E-state index in [0.717, 1.165) is 0 Å². The van der Waals surface area contributed by atoms with Crippen LogP contribution in [0.2, 0.25) is 5.02 Å². The summed E-state index contributed by atoms with van der Waals surface area (Å²) >= 11 is 6.07. The number of nitrogens with two attached hydrogens (primary N) is 1. The number of carbonyl (C=O) groups is 2. The van der Waals surface area contributed by atoms with Gasteiger partial charge in [0.15, 0.2) is 0 Å². The van der Waals surface area contributed by atoms with Crippen molar-refractivity contribution in [3.63, 3.8) is 0 Å². The van der Waals surface area contributed by atoms with Gasteiger partial charge in [0.2, 0.25) is 0 Å². The van der Waals surface area contributed by atoms with Crippen LogP contribution in [0.3, 0.4) is 0 Å². The van der Waals surface area contributed by atoms with E-state index in [9.17, 15) is 9.59 Å². The number of halogens is 1. The maximum Gasteiger partial charge on any atom is 0.317 e. The molecule has 1 unspecified atom stereocenters. The van der Waals surface area contributed by atoms with Gasteiger partial charge in [-0.1, -0.05) is 11.6 Å². The summed E-state index contributed by atoms with van der Waals surface area (Å²) in [6.45, 7) is 2.18. The van der Waals surface area contributed by atoms with Gasteiger partial charge in [0.05, 0.1) is 16.6 Å². The van der Waals surface area contributed by atoms with E-state index < -0.39 is 0 Å². The number of amides is 3. The zero-order chi connectivity index (χ0) is 14.3. The second-order valence-corrected chi connectivity index (χ2v) is 5.43. The van der Waals surface area contributed by atoms with Crippen molar-refractivity contribution >= 4 is 29.2 Å². The number of nitrogens with zero attached hydrogens (tertiary/aromatic N) is 2. The Morgan fingerprint density at radius 2 is 2.20 bits per heavy atom. The van der Waals surface area contributed by atoms with Crippen molar-refractivity contribution < 1.29 is 9.59 Å². The molecule has 0 spiro atoms. The minimum Gasteiger partial charge on any atom is -0.399 e. The van der Waals surface area contributed by atoms with Gasteiger partial charge in [0.1, 0.15) is 0 Å². The second kappa shape index (κ2) is 4.86. The molecule has 2 saturated heterocycles. The second-order valence-electron chi connectivity index (χ2n) is 5.02. The zero-order valence-electron chi connectivity index (χ0n) is 10.8. The van der Waals surface area contributed by atoms with Crippen LogP contribution in [-0.2, 0) is 0 Å². The normalized spacial score (nSPS) is 21.6. The lowest BCUT2D eigenvalue weighted by molar-refractivity contribution is 0.0617. The average molecular weight is 295 g/mol. The molecule has 1 aromatic carbocycles. The molecule has 1 atom stereocenters. The molecule has 0 radical (unpaired) electrons. The Morgan fingerprint density at radius 1 is 1.40 bits per heavy atom. The summed E-state index contributed by atoms with van der Waals surface area (Å²) in [5, 5.41) is 3.15. The number of carbonyl (C=O) groups excluding carboxylic acids is 2. The van der Waals surface area contributed by atoms with Crippen LogP contribution < -0.4 is 11.1 Å². The molecule has 0 saturated carbocycles. The van der Waals surface area contributed by atoms with Gasteiger partial charge < -0.3 is 20.9 Å². The molecular weight excluding hydrogens is 280 g/mol. The van der Waals surface area contributed by atoms with E-state index in [0.29, 0.717) is 42.5 Å². The predicted molar refractivity (Wildman–Crippen MR) is 75.7 cm³/mol. The van der Waals surface area contributed by atoms with Crippen molar-refractivity contribution in [3.05, 3.63) is 28.8 Å². The maximum atomic E-state index is 12.5. The SMILES string of the molecule is Nc1ccc(C(=O)N2CCN3C(=O)NCC3C2)c(Cl)c1. The molecule has 3 N–H and O–H groups in total. The van der Waals surface area contributed by atoms with E-state index in [-0.39, 0.29) is 18.0 Å². The summed E-state index contributed by atoms with van der Waals surface area (Å²) in [7, 11) is 0. The number of fused-ring (bicyclic) bond motifs is 1. The summed E-state index contributed by atoms with van der Waals surface area (Å²) in [5.41, 5.74) is 6.61. The third kappa shape index (κ3) is 2.16. The van der Waals surface area contributed by atoms with Crippen LogP contribution in [0.1, 0.15) is 10.4 Å². The van der Waals surface area contributed by atoms with Crippen molar-refractivity contribution in [1.29, 1.82) is 0 Å². The number of hydrogen-bond acceptors (Lipinski definition) is 3. The van der Waals surface area contributed by atoms with Crippen LogP contribution in [0, 0.1) is 0 Å². The van der Waals surface area contributed by atoms with Crippen molar-refractivity contribution in [2.45, 2.75) is 6.04 Å². The van der Waals surface area contributed by atoms with Gasteiger partial charge in [-0.25, -0.2) is 4.79 Å². The molecule has 6 nitrogen and oxygen atoms in total. The topological polar surface area (TPSA) is 78.7 Å². The number of nitrogen functional groups attached to an aromatic ring is 1. The lowest BCUT2D eigenvalue weighted by Crippen LogP contribution is -2.53. The number of urea groups is 1. The molecule has 0 bridgehead atoms. The van der Waals surface area contributed by atoms with E-state index in [2.05, 4.69) is 5.32 Å². The molecule has 7 heteroatoms. The highest BCUT2D eigenvalue weighted by Gasteiger charge is 2.37. The molecule has 2 aliphatic rings. The first-order chi connectivity index (χ1) is 9.56. The molecule has 0 aliphatic carbocycles. The zero-order valence-corrected chi connectivity index (χ0v) is 11.6. The summed E-state index contributed by atoms with van der Waals surface area (Å²) in [5.74, 6) is -0.117. The minimum atomic E-state index is -0.117. The van der Waals surface area contributed by atoms with E-state index in [1.165, 1.54) is 0 Å². The average Bonchev–Trinajstić information content (AvgIpc) is 2.79. The Kier molecular flexibility index (Phi) is 3.17. The number of rotatable bonds is 1. The van der Waals surface area contributed by atoms with Gasteiger partial charge >= 0.3 is 6.03 Å². The molecule has 106 valence electrons. The number of benzene rings is 1. The lowest BCUT2D eigenvalue weighted by atomic mass is 10.1. The van der Waals surface area contributed by atoms with Crippen molar-refractivity contribution in [1.82, 2.24) is 15.1 Å². The molecule has 2 heterocycles. The Bertz CT molecular complexity index is 577. The Labute approximate surface area is 121 Å². The third-order valence-electron chi connectivity index (χ3n) is 3.74. The van der Waals surface area contributed by atoms with Crippen molar-refractivity contribution in [2.75, 3.05) is 31.9 Å². The summed E-state index contributed by atoms with van der Waals surface area (Å²) in [6.07, 6.45) is 0. The van der Waals surface area contributed by atoms with Crippen LogP contribution in [0.5, 0.6) is 0 Å². The fourth-order valence-electron chi connectivity index (χ4n) is 2.66. The first-order valence-corrected chi connectivity index (χ1v) is 6.83. The van der Waals surface area contributed by atoms with Gasteiger partial charge in [0.25, 0.3) is 5.91 Å². The molecule has 0 aromatic heterocycles. The molecular formula is C13H15ClN4O2. The molecule has 20 heavy (non-hydrogen) atoms. The molecule has 1 aromatic rings. The van der Waals surface area contributed by atoms with Gasteiger partial charge in [0, 0.05) is 31.9 Å². The standard InChI is InChI=1S/C13H15ClN4O2/c14-11-5-8(15)1-2-10(11)12(19)17-3-4-18-9(7-17)6-16-13(18)20/h1-2,5,9H,3-4,6-7,15H2,(H,16,20). The Morgan fingerprint density at radius 3 is 2.95 bits per heavy atom. The molecule has 2 fully saturated rings. The Hall–Kier alpha value is -1.95. The van der Waals surface area contributed by atoms with Gasteiger partial charge in [-0.2, -0.15) is 0 Å². The summed E-state index contributed by atoms with van der Waals surface area (Å²) in [4.78, 5) is 27.5. The van der Waals surface area contributed by atoms with E-state index in [1.807, 2.05) is 0 Å². The number of piperazine rings is 1. The van der Waals surface area contributed by atoms with E-state index >= 15 is 0 Å². The van der Waals surface area contributed by atoms with Gasteiger partial charge in [-0.05, 0) is 18.2 Å². The molecule has 3 rings (SSSR count). The number of anilines is 1. The van der Waals surface area contributed by atoms with Crippen LogP contribution in [0.4, 0.5) is 10.5 Å². The van der Waals surface area contributed by atoms with Crippen LogP contribution in [0.15, 0.2) is 18.2 Å². The lowest BCUT2D eigenvalue weighted by Gasteiger charge is -2.36. The van der Waals surface area contributed by atoms with Crippen LogP contribution >= 0.6 is 11.6 Å². The van der Waals surface area contributed by atoms with Gasteiger partial charge in [-0.3, -0.25) is 4.79 Å². The fraction of sp³-hybridized carbons (Fsp3) is 0.385. The van der Waals surface area contributed by atoms with Crippen molar-refractivity contribution in [3.8, 4) is 0 Å². The summed E-state index contributed by atoms with van der Waals surface area (Å²) < 4.78 is 0. The number of nitrogens with one attached hydrogen (secondary N) is 1. The van der Waals surface area contributed by atoms with Gasteiger partial charge in [-0.15, -0.1) is 0 Å². The van der Waals surface area contributed by atoms with Crippen molar-refractivity contribution in [2.24, 2.45) is 0 Å². The minimum absolute atomic E-state index is 0.0485. The van der Waals surface area contributed by atoms with E-state index in [1.54, 1.807) is 28.0 Å². The maximum absolute atomic E-state index is 12.5. The smallest absolute Gasteiger partial charge is 0.317 e. The van der Waals surface area contributed by atoms with Crippen LogP contribution in [0.25, 0.3) is 0 Å². The number of hydrogen-bond donors (Lipinski definition) is 2. The van der Waals surface area contributed by atoms with E-state index in [4.69, 9.17) is 17.3 Å². The summed E-state index contributed by atoms with van der Waals surface area (Å²) in [6, 6.07) is 4.88.